The monoisotopic (exact) mass is 259 g/mol. The highest BCUT2D eigenvalue weighted by atomic mass is 32.1. The van der Waals surface area contributed by atoms with Gasteiger partial charge in [-0.05, 0) is 37.1 Å². The van der Waals surface area contributed by atoms with Gasteiger partial charge in [-0.25, -0.2) is 4.98 Å². The van der Waals surface area contributed by atoms with Gasteiger partial charge < -0.3 is 5.32 Å². The van der Waals surface area contributed by atoms with Crippen LogP contribution in [-0.2, 0) is 0 Å². The molecule has 0 saturated heterocycles. The van der Waals surface area contributed by atoms with Gasteiger partial charge in [-0.2, -0.15) is 0 Å². The predicted molar refractivity (Wildman–Crippen MR) is 77.5 cm³/mol. The minimum absolute atomic E-state index is 0.592. The molecular weight excluding hydrogens is 242 g/mol. The van der Waals surface area contributed by atoms with Gasteiger partial charge in [-0.1, -0.05) is 24.3 Å². The lowest BCUT2D eigenvalue weighted by atomic mass is 9.96. The first-order valence-electron chi connectivity index (χ1n) is 6.33. The van der Waals surface area contributed by atoms with Crippen molar-refractivity contribution < 1.29 is 0 Å². The lowest BCUT2D eigenvalue weighted by molar-refractivity contribution is 0.612. The smallest absolute Gasteiger partial charge is 0.194 e. The molecule has 3 nitrogen and oxygen atoms in total. The number of imidazole rings is 1. The maximum Gasteiger partial charge on any atom is 0.194 e. The normalized spacial score (nSPS) is 13.4. The van der Waals surface area contributed by atoms with Crippen molar-refractivity contribution in [3.63, 3.8) is 0 Å². The highest BCUT2D eigenvalue weighted by molar-refractivity contribution is 7.23. The molecule has 94 valence electrons. The number of aromatic nitrogens is 2. The van der Waals surface area contributed by atoms with Crippen LogP contribution in [0.4, 0.5) is 0 Å². The average molecular weight is 259 g/mol. The minimum Gasteiger partial charge on any atom is -0.319 e. The average Bonchev–Trinajstić information content (AvgIpc) is 2.95. The molecule has 0 radical (unpaired) electrons. The van der Waals surface area contributed by atoms with Gasteiger partial charge in [0.15, 0.2) is 4.96 Å². The quantitative estimate of drug-likeness (QED) is 0.779. The molecule has 1 unspecified atom stereocenters. The summed E-state index contributed by atoms with van der Waals surface area (Å²) in [5, 5.41) is 3.27. The van der Waals surface area contributed by atoms with E-state index in [0.717, 1.165) is 17.9 Å². The predicted octanol–water partition coefficient (Wildman–Crippen LogP) is 3.26. The van der Waals surface area contributed by atoms with Crippen molar-refractivity contribution in [3.8, 4) is 0 Å². The van der Waals surface area contributed by atoms with Gasteiger partial charge >= 0.3 is 0 Å². The lowest BCUT2D eigenvalue weighted by Gasteiger charge is -2.14. The molecule has 2 aromatic heterocycles. The Hall–Kier alpha value is -1.39. The van der Waals surface area contributed by atoms with Gasteiger partial charge in [-0.15, -0.1) is 0 Å². The molecule has 3 rings (SSSR count). The van der Waals surface area contributed by atoms with E-state index in [0.29, 0.717) is 5.92 Å². The summed E-state index contributed by atoms with van der Waals surface area (Å²) in [6.45, 7) is 3.28. The summed E-state index contributed by atoms with van der Waals surface area (Å²) in [6, 6.07) is 6.79. The van der Waals surface area contributed by atoms with Crippen LogP contribution >= 0.6 is 11.3 Å². The number of hydrogen-bond acceptors (Lipinski definition) is 3. The van der Waals surface area contributed by atoms with Crippen LogP contribution < -0.4 is 5.32 Å². The largest absolute Gasteiger partial charge is 0.319 e. The highest BCUT2D eigenvalue weighted by Gasteiger charge is 2.11. The van der Waals surface area contributed by atoms with Gasteiger partial charge in [0.05, 0.1) is 10.2 Å². The Kier molecular flexibility index (Phi) is 3.06. The number of rotatable bonds is 4. The van der Waals surface area contributed by atoms with Crippen LogP contribution in [0.15, 0.2) is 30.6 Å². The lowest BCUT2D eigenvalue weighted by Crippen LogP contribution is -2.16. The zero-order valence-corrected chi connectivity index (χ0v) is 11.5. The van der Waals surface area contributed by atoms with E-state index >= 15 is 0 Å². The second kappa shape index (κ2) is 4.71. The third-order valence-corrected chi connectivity index (χ3v) is 4.50. The van der Waals surface area contributed by atoms with Crippen LogP contribution in [0.2, 0.25) is 0 Å². The number of likely N-dealkylation sites (N-methyl/N-ethyl adjacent to an activating group) is 1. The third-order valence-electron chi connectivity index (χ3n) is 3.47. The molecule has 18 heavy (non-hydrogen) atoms. The van der Waals surface area contributed by atoms with E-state index < -0.39 is 0 Å². The number of nitrogens with zero attached hydrogens (tertiary/aromatic N) is 2. The Labute approximate surface area is 110 Å². The molecule has 0 amide bonds. The maximum atomic E-state index is 4.36. The molecule has 1 atom stereocenters. The van der Waals surface area contributed by atoms with Gasteiger partial charge in [0.2, 0.25) is 0 Å². The molecule has 0 aliphatic carbocycles. The first-order chi connectivity index (χ1) is 8.83. The number of hydrogen-bond donors (Lipinski definition) is 1. The van der Waals surface area contributed by atoms with Crippen molar-refractivity contribution in [1.29, 1.82) is 0 Å². The van der Waals surface area contributed by atoms with Crippen LogP contribution in [0.25, 0.3) is 15.2 Å². The van der Waals surface area contributed by atoms with Crippen molar-refractivity contribution in [3.05, 3.63) is 36.2 Å². The number of fused-ring (bicyclic) bond motifs is 3. The Balaban J connectivity index is 2.09. The Bertz CT molecular complexity index is 668. The van der Waals surface area contributed by atoms with E-state index in [9.17, 15) is 0 Å². The molecule has 0 spiro atoms. The standard InChI is InChI=1S/C14H17N3S/c1-3-10(9-15-2)11-4-5-12-13(8-11)18-14-16-6-7-17(12)14/h4-8,10,15H,3,9H2,1-2H3. The molecule has 3 aromatic rings. The summed E-state index contributed by atoms with van der Waals surface area (Å²) < 4.78 is 3.48. The summed E-state index contributed by atoms with van der Waals surface area (Å²) in [7, 11) is 2.01. The summed E-state index contributed by atoms with van der Waals surface area (Å²) in [5.41, 5.74) is 2.68. The molecule has 2 heterocycles. The molecule has 1 N–H and O–H groups in total. The minimum atomic E-state index is 0.592. The third kappa shape index (κ3) is 1.82. The van der Waals surface area contributed by atoms with Crippen molar-refractivity contribution in [2.24, 2.45) is 0 Å². The second-order valence-corrected chi connectivity index (χ2v) is 5.58. The van der Waals surface area contributed by atoms with Crippen LogP contribution in [-0.4, -0.2) is 23.0 Å². The zero-order chi connectivity index (χ0) is 12.5. The summed E-state index contributed by atoms with van der Waals surface area (Å²) in [4.78, 5) is 5.43. The zero-order valence-electron chi connectivity index (χ0n) is 10.7. The molecule has 1 aromatic carbocycles. The van der Waals surface area contributed by atoms with Crippen molar-refractivity contribution >= 4 is 26.5 Å². The maximum absolute atomic E-state index is 4.36. The molecule has 0 aliphatic heterocycles. The number of benzene rings is 1. The molecule has 0 fully saturated rings. The number of nitrogens with one attached hydrogen (secondary N) is 1. The van der Waals surface area contributed by atoms with Crippen molar-refractivity contribution in [1.82, 2.24) is 14.7 Å². The van der Waals surface area contributed by atoms with Crippen molar-refractivity contribution in [2.45, 2.75) is 19.3 Å². The van der Waals surface area contributed by atoms with E-state index in [4.69, 9.17) is 0 Å². The first-order valence-corrected chi connectivity index (χ1v) is 7.15. The van der Waals surface area contributed by atoms with Gasteiger partial charge in [0, 0.05) is 18.9 Å². The molecule has 4 heteroatoms. The summed E-state index contributed by atoms with van der Waals surface area (Å²) in [6.07, 6.45) is 5.04. The van der Waals surface area contributed by atoms with E-state index in [-0.39, 0.29) is 0 Å². The van der Waals surface area contributed by atoms with Crippen LogP contribution in [0.1, 0.15) is 24.8 Å². The fourth-order valence-corrected chi connectivity index (χ4v) is 3.49. The van der Waals surface area contributed by atoms with Crippen LogP contribution in [0.5, 0.6) is 0 Å². The summed E-state index contributed by atoms with van der Waals surface area (Å²) in [5.74, 6) is 0.592. The highest BCUT2D eigenvalue weighted by Crippen LogP contribution is 2.29. The van der Waals surface area contributed by atoms with E-state index in [1.165, 1.54) is 15.8 Å². The van der Waals surface area contributed by atoms with Crippen LogP contribution in [0.3, 0.4) is 0 Å². The van der Waals surface area contributed by atoms with Gasteiger partial charge in [-0.3, -0.25) is 4.40 Å². The van der Waals surface area contributed by atoms with Crippen LogP contribution in [0, 0.1) is 0 Å². The fourth-order valence-electron chi connectivity index (χ4n) is 2.46. The second-order valence-electron chi connectivity index (χ2n) is 4.57. The van der Waals surface area contributed by atoms with E-state index in [1.807, 2.05) is 19.4 Å². The fraction of sp³-hybridized carbons (Fsp3) is 0.357. The molecular formula is C14H17N3S. The Morgan fingerprint density at radius 1 is 1.44 bits per heavy atom. The van der Waals surface area contributed by atoms with Gasteiger partial charge in [0.1, 0.15) is 0 Å². The topological polar surface area (TPSA) is 29.3 Å². The number of thiazole rings is 1. The van der Waals surface area contributed by atoms with Crippen molar-refractivity contribution in [2.75, 3.05) is 13.6 Å². The molecule has 0 saturated carbocycles. The Morgan fingerprint density at radius 3 is 3.11 bits per heavy atom. The molecule has 0 bridgehead atoms. The first kappa shape index (κ1) is 11.7. The summed E-state index contributed by atoms with van der Waals surface area (Å²) >= 11 is 1.76. The molecule has 0 aliphatic rings. The Morgan fingerprint density at radius 2 is 2.33 bits per heavy atom. The van der Waals surface area contributed by atoms with E-state index in [2.05, 4.69) is 39.8 Å². The van der Waals surface area contributed by atoms with E-state index in [1.54, 1.807) is 11.3 Å². The van der Waals surface area contributed by atoms with Gasteiger partial charge in [0.25, 0.3) is 0 Å². The SMILES string of the molecule is CCC(CNC)c1ccc2c(c1)sc1nccn12.